The molecule has 0 fully saturated rings. The lowest BCUT2D eigenvalue weighted by molar-refractivity contribution is 0.455. The molecular formula is C8H6ClNO. The molecule has 0 saturated heterocycles. The van der Waals surface area contributed by atoms with E-state index in [0.717, 1.165) is 21.6 Å². The van der Waals surface area contributed by atoms with Gasteiger partial charge in [-0.25, -0.2) is 0 Å². The Balaban J connectivity index is 2.91. The maximum absolute atomic E-state index is 5.81. The number of rotatable bonds is 0. The second kappa shape index (κ2) is 2.24. The van der Waals surface area contributed by atoms with E-state index in [4.69, 9.17) is 16.1 Å². The van der Waals surface area contributed by atoms with Gasteiger partial charge in [-0.2, -0.15) is 0 Å². The molecule has 0 aliphatic carbocycles. The number of hydrogen-bond donors (Lipinski definition) is 0. The SMILES string of the molecule is Cc1cc(Cl)cc2cnoc12. The zero-order valence-electron chi connectivity index (χ0n) is 5.97. The fraction of sp³-hybridized carbons (Fsp3) is 0.125. The Hall–Kier alpha value is -1.02. The molecule has 2 aromatic rings. The van der Waals surface area contributed by atoms with Crippen molar-refractivity contribution in [1.29, 1.82) is 0 Å². The molecule has 11 heavy (non-hydrogen) atoms. The minimum Gasteiger partial charge on any atom is -0.356 e. The first kappa shape index (κ1) is 6.68. The van der Waals surface area contributed by atoms with E-state index in [0.29, 0.717) is 0 Å². The Kier molecular flexibility index (Phi) is 1.36. The molecule has 1 heterocycles. The van der Waals surface area contributed by atoms with Crippen molar-refractivity contribution in [2.24, 2.45) is 0 Å². The van der Waals surface area contributed by atoms with Gasteiger partial charge in [0, 0.05) is 10.4 Å². The summed E-state index contributed by atoms with van der Waals surface area (Å²) in [6.07, 6.45) is 1.66. The van der Waals surface area contributed by atoms with Crippen molar-refractivity contribution in [3.05, 3.63) is 28.9 Å². The van der Waals surface area contributed by atoms with Crippen LogP contribution in [-0.4, -0.2) is 5.16 Å². The highest BCUT2D eigenvalue weighted by molar-refractivity contribution is 6.31. The van der Waals surface area contributed by atoms with Crippen molar-refractivity contribution in [2.45, 2.75) is 6.92 Å². The van der Waals surface area contributed by atoms with Crippen molar-refractivity contribution in [3.63, 3.8) is 0 Å². The number of nitrogens with zero attached hydrogens (tertiary/aromatic N) is 1. The molecule has 0 unspecified atom stereocenters. The quantitative estimate of drug-likeness (QED) is 0.603. The van der Waals surface area contributed by atoms with Gasteiger partial charge >= 0.3 is 0 Å². The van der Waals surface area contributed by atoms with Crippen LogP contribution in [0.15, 0.2) is 22.9 Å². The maximum Gasteiger partial charge on any atom is 0.169 e. The number of benzene rings is 1. The Morgan fingerprint density at radius 2 is 2.27 bits per heavy atom. The summed E-state index contributed by atoms with van der Waals surface area (Å²) in [4.78, 5) is 0. The molecule has 0 N–H and O–H groups in total. The Bertz CT molecular complexity index is 394. The number of aromatic nitrogens is 1. The Labute approximate surface area is 68.7 Å². The van der Waals surface area contributed by atoms with E-state index in [1.807, 2.05) is 19.1 Å². The molecule has 0 atom stereocenters. The van der Waals surface area contributed by atoms with Crippen LogP contribution in [0.3, 0.4) is 0 Å². The van der Waals surface area contributed by atoms with E-state index in [2.05, 4.69) is 5.16 Å². The molecule has 0 saturated carbocycles. The number of hydrogen-bond acceptors (Lipinski definition) is 2. The van der Waals surface area contributed by atoms with Gasteiger partial charge in [-0.1, -0.05) is 16.8 Å². The van der Waals surface area contributed by atoms with Crippen LogP contribution in [0.4, 0.5) is 0 Å². The van der Waals surface area contributed by atoms with Gasteiger partial charge in [0.15, 0.2) is 5.58 Å². The van der Waals surface area contributed by atoms with Gasteiger partial charge in [0.05, 0.1) is 6.20 Å². The average molecular weight is 168 g/mol. The molecule has 2 nitrogen and oxygen atoms in total. The number of halogens is 1. The van der Waals surface area contributed by atoms with Crippen LogP contribution < -0.4 is 0 Å². The minimum atomic E-state index is 0.721. The van der Waals surface area contributed by atoms with Gasteiger partial charge in [-0.05, 0) is 24.6 Å². The molecule has 1 aromatic heterocycles. The van der Waals surface area contributed by atoms with Crippen molar-refractivity contribution in [3.8, 4) is 0 Å². The van der Waals surface area contributed by atoms with Gasteiger partial charge in [-0.15, -0.1) is 0 Å². The summed E-state index contributed by atoms with van der Waals surface area (Å²) in [5.41, 5.74) is 1.83. The van der Waals surface area contributed by atoms with Gasteiger partial charge in [0.25, 0.3) is 0 Å². The predicted octanol–water partition coefficient (Wildman–Crippen LogP) is 2.79. The van der Waals surface area contributed by atoms with Crippen molar-refractivity contribution < 1.29 is 4.52 Å². The second-order valence-electron chi connectivity index (χ2n) is 2.47. The highest BCUT2D eigenvalue weighted by Crippen LogP contribution is 2.22. The third-order valence-electron chi connectivity index (χ3n) is 1.60. The molecule has 0 aliphatic rings. The fourth-order valence-corrected chi connectivity index (χ4v) is 1.39. The molecule has 0 aliphatic heterocycles. The molecule has 0 amide bonds. The molecule has 2 rings (SSSR count). The average Bonchev–Trinajstić information content (AvgIpc) is 2.34. The van der Waals surface area contributed by atoms with Gasteiger partial charge in [0.1, 0.15) is 0 Å². The zero-order chi connectivity index (χ0) is 7.84. The van der Waals surface area contributed by atoms with E-state index >= 15 is 0 Å². The first-order chi connectivity index (χ1) is 5.27. The molecular weight excluding hydrogens is 162 g/mol. The minimum absolute atomic E-state index is 0.721. The van der Waals surface area contributed by atoms with Crippen molar-refractivity contribution in [1.82, 2.24) is 5.16 Å². The van der Waals surface area contributed by atoms with E-state index in [1.165, 1.54) is 0 Å². The number of fused-ring (bicyclic) bond motifs is 1. The summed E-state index contributed by atoms with van der Waals surface area (Å²) in [5.74, 6) is 0. The van der Waals surface area contributed by atoms with Crippen LogP contribution in [0.2, 0.25) is 5.02 Å². The molecule has 3 heteroatoms. The van der Waals surface area contributed by atoms with Crippen LogP contribution in [0.1, 0.15) is 5.56 Å². The van der Waals surface area contributed by atoms with Gasteiger partial charge in [-0.3, -0.25) is 0 Å². The van der Waals surface area contributed by atoms with Crippen LogP contribution >= 0.6 is 11.6 Å². The number of aryl methyl sites for hydroxylation is 1. The van der Waals surface area contributed by atoms with Crippen LogP contribution in [-0.2, 0) is 0 Å². The molecule has 1 aromatic carbocycles. The van der Waals surface area contributed by atoms with E-state index in [-0.39, 0.29) is 0 Å². The summed E-state index contributed by atoms with van der Waals surface area (Å²) in [7, 11) is 0. The Morgan fingerprint density at radius 3 is 3.09 bits per heavy atom. The summed E-state index contributed by atoms with van der Waals surface area (Å²) >= 11 is 5.81. The van der Waals surface area contributed by atoms with Crippen molar-refractivity contribution >= 4 is 22.6 Å². The standard InChI is InChI=1S/C8H6ClNO/c1-5-2-7(9)3-6-4-10-11-8(5)6/h2-4H,1H3. The lowest BCUT2D eigenvalue weighted by Crippen LogP contribution is -1.72. The summed E-state index contributed by atoms with van der Waals surface area (Å²) < 4.78 is 5.00. The summed E-state index contributed by atoms with van der Waals surface area (Å²) in [6, 6.07) is 3.69. The predicted molar refractivity (Wildman–Crippen MR) is 43.8 cm³/mol. The van der Waals surface area contributed by atoms with Crippen molar-refractivity contribution in [2.75, 3.05) is 0 Å². The highest BCUT2D eigenvalue weighted by Gasteiger charge is 2.02. The summed E-state index contributed by atoms with van der Waals surface area (Å²) in [5, 5.41) is 5.34. The lowest BCUT2D eigenvalue weighted by Gasteiger charge is -1.92. The lowest BCUT2D eigenvalue weighted by atomic mass is 10.2. The largest absolute Gasteiger partial charge is 0.356 e. The van der Waals surface area contributed by atoms with Crippen LogP contribution in [0.25, 0.3) is 11.0 Å². The fourth-order valence-electron chi connectivity index (χ4n) is 1.11. The smallest absolute Gasteiger partial charge is 0.169 e. The monoisotopic (exact) mass is 167 g/mol. The highest BCUT2D eigenvalue weighted by atomic mass is 35.5. The normalized spacial score (nSPS) is 10.7. The third-order valence-corrected chi connectivity index (χ3v) is 1.82. The third kappa shape index (κ3) is 0.994. The van der Waals surface area contributed by atoms with Gasteiger partial charge < -0.3 is 4.52 Å². The Morgan fingerprint density at radius 1 is 1.45 bits per heavy atom. The van der Waals surface area contributed by atoms with E-state index in [9.17, 15) is 0 Å². The van der Waals surface area contributed by atoms with Gasteiger partial charge in [0.2, 0.25) is 0 Å². The van der Waals surface area contributed by atoms with E-state index < -0.39 is 0 Å². The van der Waals surface area contributed by atoms with Crippen LogP contribution in [0, 0.1) is 6.92 Å². The first-order valence-corrected chi connectivity index (χ1v) is 3.66. The van der Waals surface area contributed by atoms with Crippen LogP contribution in [0.5, 0.6) is 0 Å². The zero-order valence-corrected chi connectivity index (χ0v) is 6.72. The second-order valence-corrected chi connectivity index (χ2v) is 2.90. The first-order valence-electron chi connectivity index (χ1n) is 3.28. The topological polar surface area (TPSA) is 26.0 Å². The van der Waals surface area contributed by atoms with E-state index in [1.54, 1.807) is 6.20 Å². The molecule has 56 valence electrons. The molecule has 0 spiro atoms. The summed E-state index contributed by atoms with van der Waals surface area (Å²) in [6.45, 7) is 1.94. The molecule has 0 radical (unpaired) electrons. The molecule has 0 bridgehead atoms. The maximum atomic E-state index is 5.81.